The van der Waals surface area contributed by atoms with Gasteiger partial charge in [0.2, 0.25) is 5.95 Å². The molecule has 15 heteroatoms. The van der Waals surface area contributed by atoms with Gasteiger partial charge in [-0.3, -0.25) is 4.79 Å². The van der Waals surface area contributed by atoms with Crippen molar-refractivity contribution in [3.8, 4) is 22.8 Å². The zero-order valence-corrected chi connectivity index (χ0v) is 26.9. The van der Waals surface area contributed by atoms with Crippen LogP contribution in [-0.4, -0.2) is 92.7 Å². The van der Waals surface area contributed by atoms with E-state index in [1.165, 1.54) is 7.11 Å². The molecule has 0 spiro atoms. The molecule has 46 heavy (non-hydrogen) atoms. The van der Waals surface area contributed by atoms with Crippen molar-refractivity contribution in [1.82, 2.24) is 24.6 Å². The Morgan fingerprint density at radius 1 is 1.11 bits per heavy atom. The van der Waals surface area contributed by atoms with Gasteiger partial charge in [0.05, 0.1) is 49.3 Å². The molecule has 0 unspecified atom stereocenters. The molecule has 0 aliphatic carbocycles. The highest BCUT2D eigenvalue weighted by atomic mass is 32.2. The van der Waals surface area contributed by atoms with Crippen molar-refractivity contribution in [3.05, 3.63) is 78.8 Å². The molecular formula is C31H36N8O6S. The second-order valence-corrected chi connectivity index (χ2v) is 12.3. The molecule has 4 aromatic rings. The Kier molecular flexibility index (Phi) is 9.84. The molecule has 242 valence electrons. The van der Waals surface area contributed by atoms with Gasteiger partial charge in [0, 0.05) is 55.3 Å². The summed E-state index contributed by atoms with van der Waals surface area (Å²) in [6.07, 6.45) is 4.40. The topological polar surface area (TPSA) is 153 Å². The first kappa shape index (κ1) is 32.4. The van der Waals surface area contributed by atoms with Gasteiger partial charge in [0.25, 0.3) is 5.91 Å². The van der Waals surface area contributed by atoms with Crippen molar-refractivity contribution in [2.75, 3.05) is 69.3 Å². The quantitative estimate of drug-likeness (QED) is 0.132. The van der Waals surface area contributed by atoms with E-state index in [2.05, 4.69) is 27.1 Å². The van der Waals surface area contributed by atoms with Crippen LogP contribution in [0.4, 0.5) is 23.0 Å². The van der Waals surface area contributed by atoms with Gasteiger partial charge in [-0.1, -0.05) is 30.3 Å². The maximum absolute atomic E-state index is 12.9. The lowest BCUT2D eigenvalue weighted by Gasteiger charge is -2.31. The van der Waals surface area contributed by atoms with E-state index in [0.29, 0.717) is 61.5 Å². The number of aromatic nitrogens is 4. The molecule has 2 aromatic heterocycles. The number of hydrogen-bond acceptors (Lipinski definition) is 12. The van der Waals surface area contributed by atoms with E-state index in [-0.39, 0.29) is 5.95 Å². The van der Waals surface area contributed by atoms with E-state index < -0.39 is 21.8 Å². The van der Waals surface area contributed by atoms with Gasteiger partial charge >= 0.3 is 10.1 Å². The Hall–Kier alpha value is -4.99. The normalized spacial score (nSPS) is 13.4. The van der Waals surface area contributed by atoms with E-state index in [1.807, 2.05) is 55.5 Å². The van der Waals surface area contributed by atoms with Crippen LogP contribution in [-0.2, 0) is 30.4 Å². The molecular weight excluding hydrogens is 612 g/mol. The van der Waals surface area contributed by atoms with E-state index in [1.54, 1.807) is 29.1 Å². The summed E-state index contributed by atoms with van der Waals surface area (Å²) in [5, 5.41) is 10.8. The van der Waals surface area contributed by atoms with E-state index in [0.717, 1.165) is 23.1 Å². The molecule has 1 saturated heterocycles. The van der Waals surface area contributed by atoms with Crippen LogP contribution in [0.3, 0.4) is 0 Å². The fourth-order valence-corrected chi connectivity index (χ4v) is 5.34. The van der Waals surface area contributed by atoms with Crippen molar-refractivity contribution in [2.24, 2.45) is 0 Å². The van der Waals surface area contributed by atoms with Crippen LogP contribution < -0.4 is 20.3 Å². The Morgan fingerprint density at radius 3 is 2.52 bits per heavy atom. The lowest BCUT2D eigenvalue weighted by Crippen LogP contribution is -2.37. The lowest BCUT2D eigenvalue weighted by molar-refractivity contribution is -0.114. The second-order valence-electron chi connectivity index (χ2n) is 10.7. The predicted molar refractivity (Wildman–Crippen MR) is 175 cm³/mol. The van der Waals surface area contributed by atoms with Gasteiger partial charge in [-0.2, -0.15) is 18.5 Å². The van der Waals surface area contributed by atoms with Crippen LogP contribution in [0.15, 0.2) is 73.3 Å². The smallest absolute Gasteiger partial charge is 0.306 e. The predicted octanol–water partition coefficient (Wildman–Crippen LogP) is 3.41. The minimum atomic E-state index is -3.95. The Bertz CT molecular complexity index is 1820. The fraction of sp³-hybridized carbons (Fsp3) is 0.290. The molecule has 5 rings (SSSR count). The summed E-state index contributed by atoms with van der Waals surface area (Å²) in [7, 11) is 1.59. The van der Waals surface area contributed by atoms with Crippen molar-refractivity contribution >= 4 is 39.0 Å². The number of carbonyl (C=O) groups is 1. The summed E-state index contributed by atoms with van der Waals surface area (Å²) in [5.74, 6) is -0.150. The minimum absolute atomic E-state index is 0.253. The molecule has 0 atom stereocenters. The molecule has 1 fully saturated rings. The number of rotatable bonds is 12. The van der Waals surface area contributed by atoms with Crippen molar-refractivity contribution in [2.45, 2.75) is 6.54 Å². The van der Waals surface area contributed by atoms with Crippen molar-refractivity contribution < 1.29 is 26.9 Å². The number of nitrogens with one attached hydrogen (secondary N) is 2. The zero-order chi connectivity index (χ0) is 32.8. The molecule has 0 saturated carbocycles. The lowest BCUT2D eigenvalue weighted by atomic mass is 10.1. The van der Waals surface area contributed by atoms with Gasteiger partial charge < -0.3 is 34.1 Å². The number of benzene rings is 2. The summed E-state index contributed by atoms with van der Waals surface area (Å²) in [4.78, 5) is 26.1. The highest BCUT2D eigenvalue weighted by molar-refractivity contribution is 7.86. The number of anilines is 4. The summed E-state index contributed by atoms with van der Waals surface area (Å²) in [5.41, 5.74) is 4.32. The molecule has 3 heterocycles. The highest BCUT2D eigenvalue weighted by Gasteiger charge is 2.23. The second kappa shape index (κ2) is 14.0. The molecule has 2 aromatic carbocycles. The maximum atomic E-state index is 12.9. The fourth-order valence-electron chi connectivity index (χ4n) is 4.89. The van der Waals surface area contributed by atoms with Gasteiger partial charge in [0.1, 0.15) is 5.75 Å². The molecule has 2 N–H and O–H groups in total. The molecule has 1 aliphatic heterocycles. The molecule has 14 nitrogen and oxygen atoms in total. The third-order valence-electron chi connectivity index (χ3n) is 6.87. The Morgan fingerprint density at radius 2 is 1.85 bits per heavy atom. The first-order valence-electron chi connectivity index (χ1n) is 14.3. The number of amides is 1. The van der Waals surface area contributed by atoms with Gasteiger partial charge in [-0.15, -0.1) is 0 Å². The Balaban J connectivity index is 1.48. The van der Waals surface area contributed by atoms with Crippen LogP contribution in [0.5, 0.6) is 5.75 Å². The van der Waals surface area contributed by atoms with Crippen LogP contribution in [0.25, 0.3) is 17.1 Å². The molecule has 0 bridgehead atoms. The third kappa shape index (κ3) is 7.99. The molecule has 0 radical (unpaired) electrons. The molecule has 1 aliphatic rings. The summed E-state index contributed by atoms with van der Waals surface area (Å²) < 4.78 is 40.8. The van der Waals surface area contributed by atoms with E-state index in [9.17, 15) is 13.2 Å². The number of methoxy groups -OCH3 is 1. The number of morpholine rings is 1. The maximum Gasteiger partial charge on any atom is 0.306 e. The van der Waals surface area contributed by atoms with Crippen LogP contribution >= 0.6 is 0 Å². The highest BCUT2D eigenvalue weighted by Crippen LogP contribution is 2.39. The average Bonchev–Trinajstić information content (AvgIpc) is 3.44. The number of carbonyl (C=O) groups excluding carboxylic acids is 1. The summed E-state index contributed by atoms with van der Waals surface area (Å²) >= 11 is 0. The molecule has 1 amide bonds. The van der Waals surface area contributed by atoms with Gasteiger partial charge in [0.15, 0.2) is 11.6 Å². The summed E-state index contributed by atoms with van der Waals surface area (Å²) in [6, 6.07) is 15.1. The SMILES string of the molecule is C=C(OS(C)(=O)=O)C(=O)Nc1cc(Nc2nccc(-n3cc(CN(C)C)c(-c4ccccc4)n3)n2)c(OC)cc1N1CCOCC1. The Labute approximate surface area is 267 Å². The minimum Gasteiger partial charge on any atom is -0.494 e. The van der Waals surface area contributed by atoms with Crippen molar-refractivity contribution in [3.63, 3.8) is 0 Å². The number of ether oxygens (including phenoxy) is 2. The first-order valence-corrected chi connectivity index (χ1v) is 16.2. The van der Waals surface area contributed by atoms with Crippen LogP contribution in [0.2, 0.25) is 0 Å². The van der Waals surface area contributed by atoms with Gasteiger partial charge in [-0.05, 0) is 26.7 Å². The number of nitrogens with zero attached hydrogens (tertiary/aromatic N) is 6. The number of hydrogen-bond donors (Lipinski definition) is 2. The standard InChI is InChI=1S/C31H36N8O6S/c1-21(45-46(5,41)42)30(40)33-24-17-25(27(43-4)18-26(24)38-13-15-44-16-14-38)34-31-32-12-11-28(35-31)39-20-23(19-37(2)3)29(36-39)22-9-7-6-8-10-22/h6-12,17-18,20H,1,13-16,19H2,2-5H3,(H,33,40)(H,32,34,35). The van der Waals surface area contributed by atoms with Crippen LogP contribution in [0, 0.1) is 0 Å². The third-order valence-corrected chi connectivity index (χ3v) is 7.37. The monoisotopic (exact) mass is 648 g/mol. The first-order chi connectivity index (χ1) is 22.0. The van der Waals surface area contributed by atoms with E-state index in [4.69, 9.17) is 23.7 Å². The zero-order valence-electron chi connectivity index (χ0n) is 26.1. The van der Waals surface area contributed by atoms with Gasteiger partial charge in [-0.25, -0.2) is 9.67 Å². The largest absolute Gasteiger partial charge is 0.494 e. The van der Waals surface area contributed by atoms with E-state index >= 15 is 0 Å². The summed E-state index contributed by atoms with van der Waals surface area (Å²) in [6.45, 7) is 6.27. The van der Waals surface area contributed by atoms with Crippen molar-refractivity contribution in [1.29, 1.82) is 0 Å². The average molecular weight is 649 g/mol. The van der Waals surface area contributed by atoms with Crippen LogP contribution in [0.1, 0.15) is 5.56 Å².